The van der Waals surface area contributed by atoms with Gasteiger partial charge in [-0.05, 0) is 174 Å². The standard InChI is InChI=1S/C32H39N3O5.C23H19BN2O3S.C17H27BN2O3.C16H26BN3O3.C2H6.CO2/c1-4-34-31(36)14-9-19-39-24-16-15-23(30(20-24)38-3)21-35(18-17-33-2)32(37)40-22-29-27-12-7-5-10-25(27)26-11-6-8-13-28(26)29;24-10-1-11-25-23(30)26-15-4-2-14(3-5-15)22-18-8-6-16(27)12-20(18)29-21-13-17(28)7-9-19(21)22;1-4-10-20(18)13-14-8-9-15(12-16(14)22-3)23-11-6-7-17(21)19-5-2;1-3-19-16(21)5-4-10-23-14-7-6-13(15(11-14)22-2)12-20(17)9-8-18;1-2;2-1-3/h5-8,10-13,15-16,20,29,33H,4,9,14,17-19,21-22H2,1-3H3,(H,34,36);2-9,12-13,27H,1,10-11H2,(H2,25,26,30);8-9,12H,4-7,10-11,13H2,1-3H3,(H,19,21);6-7,11H,3-5,8-10,12,18H2,1-2H3,(H,19,21);1-2H3;. The molecule has 642 valence electrons. The molecular formula is C91H117B3N10O16S. The first-order valence-corrected chi connectivity index (χ1v) is 41.3. The molecule has 0 atom stereocenters. The third kappa shape index (κ3) is 34.3. The van der Waals surface area contributed by atoms with E-state index in [9.17, 15) is 29.1 Å². The minimum atomic E-state index is -0.371. The Morgan fingerprint density at radius 2 is 1.05 bits per heavy atom. The highest BCUT2D eigenvalue weighted by Gasteiger charge is 2.30. The molecule has 10 rings (SSSR count). The zero-order valence-electron chi connectivity index (χ0n) is 71.5. The van der Waals surface area contributed by atoms with Gasteiger partial charge >= 0.3 is 12.2 Å². The van der Waals surface area contributed by atoms with Crippen LogP contribution in [0.3, 0.4) is 0 Å². The largest absolute Gasteiger partial charge is 0.508 e. The van der Waals surface area contributed by atoms with Crippen molar-refractivity contribution < 1.29 is 71.4 Å². The zero-order chi connectivity index (χ0) is 88.3. The lowest BCUT2D eigenvalue weighted by atomic mass is 9.93. The third-order valence-electron chi connectivity index (χ3n) is 18.4. The first kappa shape index (κ1) is 100. The quantitative estimate of drug-likeness (QED) is 0.00764. The van der Waals surface area contributed by atoms with Crippen LogP contribution in [0.25, 0.3) is 44.5 Å². The molecule has 0 unspecified atom stereocenters. The molecular weight excluding hydrogens is 1550 g/mol. The molecule has 1 heterocycles. The predicted octanol–water partition coefficient (Wildman–Crippen LogP) is 13.1. The molecule has 121 heavy (non-hydrogen) atoms. The van der Waals surface area contributed by atoms with Crippen molar-refractivity contribution in [2.45, 2.75) is 125 Å². The van der Waals surface area contributed by atoms with Crippen LogP contribution in [0.1, 0.15) is 127 Å². The lowest BCUT2D eigenvalue weighted by Gasteiger charge is -2.24. The molecule has 4 amide bonds. The molecule has 0 bridgehead atoms. The number of ether oxygens (including phenoxy) is 7. The van der Waals surface area contributed by atoms with E-state index in [1.165, 1.54) is 34.4 Å². The van der Waals surface area contributed by atoms with Crippen LogP contribution in [-0.2, 0) is 48.3 Å². The smallest absolute Gasteiger partial charge is 0.410 e. The van der Waals surface area contributed by atoms with Crippen molar-refractivity contribution in [2.24, 2.45) is 5.73 Å². The van der Waals surface area contributed by atoms with Crippen LogP contribution < -0.4 is 71.5 Å². The number of nitrogens with one attached hydrogen (secondary N) is 6. The molecule has 30 heteroatoms. The maximum absolute atomic E-state index is 13.4. The van der Waals surface area contributed by atoms with E-state index in [-0.39, 0.29) is 53.7 Å². The number of thiocarbonyl (C=S) groups is 1. The van der Waals surface area contributed by atoms with Crippen LogP contribution in [0.4, 0.5) is 10.5 Å². The molecule has 7 aromatic carbocycles. The summed E-state index contributed by atoms with van der Waals surface area (Å²) in [7, 11) is 24.0. The SMILES string of the molecule is CC.CCNC(=O)CCCOc1ccc(CN(CCNC)C(=O)OCC2c3ccccc3-c3ccccc32)c(OC)c1.O=C=O.[B]CCCNC(=S)Nc1ccc(-c2c3ccc(=O)cc-3oc3cc(O)ccc23)cc1.[B]N(CCC)Cc1ccc(OCCCC(=O)NCC)cc1OC.[B]N(CCN)Cc1ccc(OCCCC(=O)NCC)cc1OC. The fraction of sp³-hybridized carbons (Fsp3) is 0.396. The first-order valence-electron chi connectivity index (χ1n) is 40.9. The first-order chi connectivity index (χ1) is 58.7. The van der Waals surface area contributed by atoms with Crippen LogP contribution in [0, 0.1) is 0 Å². The van der Waals surface area contributed by atoms with E-state index in [2.05, 4.69) is 63.1 Å². The van der Waals surface area contributed by atoms with Gasteiger partial charge in [-0.25, -0.2) is 4.79 Å². The highest BCUT2D eigenvalue weighted by atomic mass is 32.1. The Labute approximate surface area is 721 Å². The van der Waals surface area contributed by atoms with Crippen molar-refractivity contribution in [2.75, 3.05) is 119 Å². The van der Waals surface area contributed by atoms with E-state index in [4.69, 9.17) is 88.9 Å². The Morgan fingerprint density at radius 3 is 1.50 bits per heavy atom. The summed E-state index contributed by atoms with van der Waals surface area (Å²) in [6, 6.07) is 51.1. The number of benzene rings is 8. The summed E-state index contributed by atoms with van der Waals surface area (Å²) in [6.07, 6.45) is 5.68. The lowest BCUT2D eigenvalue weighted by Crippen LogP contribution is -2.36. The van der Waals surface area contributed by atoms with E-state index in [1.54, 1.807) is 54.1 Å². The Morgan fingerprint density at radius 1 is 0.570 bits per heavy atom. The lowest BCUT2D eigenvalue weighted by molar-refractivity contribution is -0.191. The highest BCUT2D eigenvalue weighted by molar-refractivity contribution is 7.80. The number of nitrogens with two attached hydrogens (primary N) is 1. The number of phenolic OH excluding ortho intramolecular Hbond substituents is 1. The molecule has 0 saturated carbocycles. The number of hydrogen-bond acceptors (Lipinski definition) is 21. The fourth-order valence-electron chi connectivity index (χ4n) is 12.8. The Bertz CT molecular complexity index is 4560. The maximum Gasteiger partial charge on any atom is 0.410 e. The van der Waals surface area contributed by atoms with Gasteiger partial charge in [0.15, 0.2) is 26.5 Å². The second-order valence-electron chi connectivity index (χ2n) is 27.2. The molecule has 3 aliphatic rings. The molecule has 0 saturated heterocycles. The molecule has 6 radical (unpaired) electrons. The second kappa shape index (κ2) is 57.0. The summed E-state index contributed by atoms with van der Waals surface area (Å²) in [5.41, 5.74) is 17.0. The van der Waals surface area contributed by atoms with Crippen LogP contribution in [-0.4, -0.2) is 192 Å². The van der Waals surface area contributed by atoms with Gasteiger partial charge in [-0.15, -0.1) is 0 Å². The van der Waals surface area contributed by atoms with Gasteiger partial charge < -0.3 is 94.8 Å². The Hall–Kier alpha value is -11.4. The average molecular weight is 1670 g/mol. The number of fused-ring (bicyclic) bond motifs is 5. The molecule has 1 aliphatic heterocycles. The number of methoxy groups -OCH3 is 3. The Kier molecular flexibility index (Phi) is 47.2. The number of hydrogen-bond donors (Lipinski definition) is 8. The summed E-state index contributed by atoms with van der Waals surface area (Å²) >= 11 is 5.30. The second-order valence-corrected chi connectivity index (χ2v) is 27.6. The van der Waals surface area contributed by atoms with E-state index in [1.807, 2.05) is 151 Å². The number of likely N-dealkylation sites (N-methyl/N-ethyl adjacent to an activating group) is 1. The third-order valence-corrected chi connectivity index (χ3v) is 18.6. The summed E-state index contributed by atoms with van der Waals surface area (Å²) < 4.78 is 45.4. The molecule has 9 N–H and O–H groups in total. The van der Waals surface area contributed by atoms with E-state index >= 15 is 0 Å². The summed E-state index contributed by atoms with van der Waals surface area (Å²) in [6.45, 7) is 20.7. The molecule has 2 aliphatic carbocycles. The van der Waals surface area contributed by atoms with Crippen LogP contribution in [0.5, 0.6) is 40.2 Å². The number of anilines is 1. The van der Waals surface area contributed by atoms with Crippen molar-refractivity contribution in [3.8, 4) is 73.8 Å². The van der Waals surface area contributed by atoms with E-state index in [0.717, 1.165) is 87.6 Å². The number of amides is 4. The van der Waals surface area contributed by atoms with Crippen LogP contribution in [0.2, 0.25) is 6.32 Å². The average Bonchev–Trinajstić information content (AvgIpc) is 1.64. The van der Waals surface area contributed by atoms with Gasteiger partial charge in [-0.1, -0.05) is 99.9 Å². The number of phenols is 1. The molecule has 0 aromatic heterocycles. The Balaban J connectivity index is 0.000000289. The topological polar surface area (TPSA) is 325 Å². The molecule has 0 fully saturated rings. The van der Waals surface area contributed by atoms with Gasteiger partial charge in [0.05, 0.1) is 55.5 Å². The van der Waals surface area contributed by atoms with Gasteiger partial charge in [-0.2, -0.15) is 9.59 Å². The van der Waals surface area contributed by atoms with Gasteiger partial charge in [0.1, 0.15) is 58.2 Å². The van der Waals surface area contributed by atoms with Gasteiger partial charge in [0, 0.05) is 153 Å². The van der Waals surface area contributed by atoms with Crippen molar-refractivity contribution in [1.82, 2.24) is 41.1 Å². The van der Waals surface area contributed by atoms with E-state index in [0.29, 0.717) is 164 Å². The maximum atomic E-state index is 13.4. The zero-order valence-corrected chi connectivity index (χ0v) is 72.3. The fourth-order valence-corrected chi connectivity index (χ4v) is 13.0. The minimum Gasteiger partial charge on any atom is -0.508 e. The van der Waals surface area contributed by atoms with Crippen molar-refractivity contribution in [3.63, 3.8) is 0 Å². The van der Waals surface area contributed by atoms with Gasteiger partial charge in [0.2, 0.25) is 17.7 Å². The van der Waals surface area contributed by atoms with Crippen LogP contribution in [0.15, 0.2) is 173 Å². The number of carbonyl (C=O) groups is 4. The number of aromatic hydroxyl groups is 1. The van der Waals surface area contributed by atoms with Crippen molar-refractivity contribution in [3.05, 3.63) is 202 Å². The summed E-state index contributed by atoms with van der Waals surface area (Å²) in [4.78, 5) is 80.9. The van der Waals surface area contributed by atoms with Gasteiger partial charge in [-0.3, -0.25) is 19.2 Å². The van der Waals surface area contributed by atoms with Crippen LogP contribution >= 0.6 is 12.2 Å². The van der Waals surface area contributed by atoms with E-state index < -0.39 is 0 Å². The molecule has 7 aromatic rings. The molecule has 26 nitrogen and oxygen atoms in total. The summed E-state index contributed by atoms with van der Waals surface area (Å²) in [5, 5.41) is 28.9. The minimum absolute atomic E-state index is 0.00140. The number of nitrogens with zero attached hydrogens (tertiary/aromatic N) is 3. The number of carbonyl (C=O) groups excluding carboxylic acids is 6. The number of rotatable bonds is 41. The molecule has 0 spiro atoms. The highest BCUT2D eigenvalue weighted by Crippen LogP contribution is 2.45. The summed E-state index contributed by atoms with van der Waals surface area (Å²) in [5.74, 6) is 4.92. The van der Waals surface area contributed by atoms with Crippen molar-refractivity contribution >= 4 is 87.8 Å². The monoisotopic (exact) mass is 1670 g/mol. The van der Waals surface area contributed by atoms with Crippen molar-refractivity contribution in [1.29, 1.82) is 0 Å². The van der Waals surface area contributed by atoms with Gasteiger partial charge in [0.25, 0.3) is 0 Å². The normalized spacial score (nSPS) is 10.8. The predicted molar refractivity (Wildman–Crippen MR) is 482 cm³/mol.